The normalized spacial score (nSPS) is 12.8. The molecule has 0 aliphatic heterocycles. The van der Waals surface area contributed by atoms with Gasteiger partial charge < -0.3 is 10.5 Å². The maximum atomic E-state index is 13.2. The molecule has 6 aromatic rings. The monoisotopic (exact) mass is 567 g/mol. The molecule has 0 saturated heterocycles. The van der Waals surface area contributed by atoms with Crippen molar-refractivity contribution in [1.29, 1.82) is 0 Å². The second-order valence-electron chi connectivity index (χ2n) is 10.9. The topological polar surface area (TPSA) is 121 Å². The van der Waals surface area contributed by atoms with Gasteiger partial charge in [0.25, 0.3) is 0 Å². The Bertz CT molecular complexity index is 1830. The molecule has 216 valence electrons. The average Bonchev–Trinajstić information content (AvgIpc) is 3.63. The molecule has 6 rings (SSSR count). The SMILES string of the molecule is Cc1nc(-c2ccnc3ccnn23)ccc1F.Cc1nc(-c2ccnc3ccnn23)ccc1OCC(C)(N)CC(C)C. The second-order valence-corrected chi connectivity index (χ2v) is 10.9. The van der Waals surface area contributed by atoms with Gasteiger partial charge in [-0.2, -0.15) is 10.2 Å². The van der Waals surface area contributed by atoms with Crippen LogP contribution in [0.5, 0.6) is 5.75 Å². The van der Waals surface area contributed by atoms with E-state index in [9.17, 15) is 4.39 Å². The lowest BCUT2D eigenvalue weighted by Crippen LogP contribution is -2.43. The number of hydrogen-bond acceptors (Lipinski definition) is 8. The molecule has 0 radical (unpaired) electrons. The van der Waals surface area contributed by atoms with Gasteiger partial charge in [-0.15, -0.1) is 0 Å². The van der Waals surface area contributed by atoms with Crippen molar-refractivity contribution in [1.82, 2.24) is 39.2 Å². The molecule has 0 fully saturated rings. The lowest BCUT2D eigenvalue weighted by molar-refractivity contribution is 0.205. The number of aromatic nitrogens is 8. The second kappa shape index (κ2) is 12.0. The Morgan fingerprint density at radius 1 is 0.786 bits per heavy atom. The van der Waals surface area contributed by atoms with Crippen LogP contribution in [0.25, 0.3) is 34.1 Å². The van der Waals surface area contributed by atoms with Gasteiger partial charge in [-0.25, -0.2) is 33.4 Å². The summed E-state index contributed by atoms with van der Waals surface area (Å²) in [4.78, 5) is 17.3. The van der Waals surface area contributed by atoms with Crippen LogP contribution in [0.2, 0.25) is 0 Å². The summed E-state index contributed by atoms with van der Waals surface area (Å²) in [5.41, 5.74) is 11.9. The van der Waals surface area contributed by atoms with Crippen molar-refractivity contribution in [3.8, 4) is 28.5 Å². The molecule has 1 atom stereocenters. The summed E-state index contributed by atoms with van der Waals surface area (Å²) in [6, 6.07) is 14.3. The van der Waals surface area contributed by atoms with Crippen molar-refractivity contribution in [2.75, 3.05) is 6.61 Å². The molecule has 0 saturated carbocycles. The van der Waals surface area contributed by atoms with E-state index in [0.29, 0.717) is 23.9 Å². The third-order valence-electron chi connectivity index (χ3n) is 6.60. The van der Waals surface area contributed by atoms with Crippen molar-refractivity contribution in [2.45, 2.75) is 46.6 Å². The van der Waals surface area contributed by atoms with Crippen molar-refractivity contribution in [3.63, 3.8) is 0 Å². The molecule has 0 aromatic carbocycles. The first-order valence-electron chi connectivity index (χ1n) is 13.7. The maximum Gasteiger partial charge on any atom is 0.155 e. The van der Waals surface area contributed by atoms with Gasteiger partial charge in [-0.3, -0.25) is 0 Å². The number of pyridine rings is 2. The Balaban J connectivity index is 0.000000180. The van der Waals surface area contributed by atoms with Gasteiger partial charge >= 0.3 is 0 Å². The molecule has 0 amide bonds. The molecule has 1 unspecified atom stereocenters. The van der Waals surface area contributed by atoms with Gasteiger partial charge in [0.1, 0.15) is 18.2 Å². The van der Waals surface area contributed by atoms with Crippen molar-refractivity contribution in [3.05, 3.63) is 90.5 Å². The Hall–Kier alpha value is -4.77. The van der Waals surface area contributed by atoms with Crippen LogP contribution < -0.4 is 10.5 Å². The van der Waals surface area contributed by atoms with E-state index in [1.165, 1.54) is 6.07 Å². The number of aryl methyl sites for hydroxylation is 2. The van der Waals surface area contributed by atoms with E-state index in [1.807, 2.05) is 38.1 Å². The van der Waals surface area contributed by atoms with E-state index in [4.69, 9.17) is 10.5 Å². The first-order valence-corrected chi connectivity index (χ1v) is 13.7. The van der Waals surface area contributed by atoms with Crippen LogP contribution >= 0.6 is 0 Å². The highest BCUT2D eigenvalue weighted by molar-refractivity contribution is 5.60. The summed E-state index contributed by atoms with van der Waals surface area (Å²) >= 11 is 0. The molecule has 42 heavy (non-hydrogen) atoms. The summed E-state index contributed by atoms with van der Waals surface area (Å²) in [6.07, 6.45) is 7.76. The Morgan fingerprint density at radius 2 is 1.33 bits per heavy atom. The molecular weight excluding hydrogens is 533 g/mol. The molecule has 0 bridgehead atoms. The van der Waals surface area contributed by atoms with E-state index in [0.717, 1.165) is 46.2 Å². The van der Waals surface area contributed by atoms with Gasteiger partial charge in [-0.05, 0) is 69.5 Å². The van der Waals surface area contributed by atoms with Crippen molar-refractivity contribution >= 4 is 11.3 Å². The summed E-state index contributed by atoms with van der Waals surface area (Å²) in [6.45, 7) is 10.4. The van der Waals surface area contributed by atoms with Crippen LogP contribution in [0, 0.1) is 25.6 Å². The zero-order valence-corrected chi connectivity index (χ0v) is 24.4. The summed E-state index contributed by atoms with van der Waals surface area (Å²) in [5.74, 6) is 0.984. The van der Waals surface area contributed by atoms with Crippen LogP contribution in [0.4, 0.5) is 4.39 Å². The van der Waals surface area contributed by atoms with Crippen LogP contribution in [0.15, 0.2) is 73.3 Å². The molecule has 0 spiro atoms. The number of ether oxygens (including phenoxy) is 1. The van der Waals surface area contributed by atoms with Crippen LogP contribution in [-0.4, -0.2) is 51.3 Å². The molecular formula is C31H34FN9O. The highest BCUT2D eigenvalue weighted by Gasteiger charge is 2.21. The predicted molar refractivity (Wildman–Crippen MR) is 159 cm³/mol. The molecule has 10 nitrogen and oxygen atoms in total. The molecule has 6 heterocycles. The number of rotatable bonds is 7. The number of nitrogens with zero attached hydrogens (tertiary/aromatic N) is 8. The van der Waals surface area contributed by atoms with Gasteiger partial charge in [-0.1, -0.05) is 13.8 Å². The predicted octanol–water partition coefficient (Wildman–Crippen LogP) is 5.48. The van der Waals surface area contributed by atoms with E-state index in [1.54, 1.807) is 58.9 Å². The van der Waals surface area contributed by atoms with Crippen LogP contribution in [0.3, 0.4) is 0 Å². The third kappa shape index (κ3) is 6.41. The highest BCUT2D eigenvalue weighted by Crippen LogP contribution is 2.24. The largest absolute Gasteiger partial charge is 0.490 e. The molecule has 2 N–H and O–H groups in total. The zero-order chi connectivity index (χ0) is 29.9. The molecule has 0 aliphatic carbocycles. The van der Waals surface area contributed by atoms with Crippen LogP contribution in [-0.2, 0) is 0 Å². The lowest BCUT2D eigenvalue weighted by atomic mass is 9.93. The fraction of sp³-hybridized carbons (Fsp3) is 0.290. The summed E-state index contributed by atoms with van der Waals surface area (Å²) in [7, 11) is 0. The minimum atomic E-state index is -0.356. The van der Waals surface area contributed by atoms with Crippen molar-refractivity contribution < 1.29 is 9.13 Å². The molecule has 11 heteroatoms. The minimum Gasteiger partial charge on any atom is -0.490 e. The van der Waals surface area contributed by atoms with Gasteiger partial charge in [0.2, 0.25) is 0 Å². The highest BCUT2D eigenvalue weighted by atomic mass is 19.1. The fourth-order valence-electron chi connectivity index (χ4n) is 4.82. The summed E-state index contributed by atoms with van der Waals surface area (Å²) in [5, 5.41) is 8.48. The Labute approximate surface area is 243 Å². The fourth-order valence-corrected chi connectivity index (χ4v) is 4.82. The quantitative estimate of drug-likeness (QED) is 0.269. The molecule has 6 aromatic heterocycles. The Morgan fingerprint density at radius 3 is 1.86 bits per heavy atom. The third-order valence-corrected chi connectivity index (χ3v) is 6.60. The van der Waals surface area contributed by atoms with Gasteiger partial charge in [0.15, 0.2) is 11.3 Å². The van der Waals surface area contributed by atoms with E-state index >= 15 is 0 Å². The molecule has 0 aliphatic rings. The lowest BCUT2D eigenvalue weighted by Gasteiger charge is -2.27. The summed E-state index contributed by atoms with van der Waals surface area (Å²) < 4.78 is 22.6. The van der Waals surface area contributed by atoms with E-state index in [-0.39, 0.29) is 11.4 Å². The maximum absolute atomic E-state index is 13.2. The van der Waals surface area contributed by atoms with Gasteiger partial charge in [0, 0.05) is 30.1 Å². The average molecular weight is 568 g/mol. The first kappa shape index (κ1) is 28.7. The first-order chi connectivity index (χ1) is 20.1. The smallest absolute Gasteiger partial charge is 0.155 e. The number of hydrogen-bond donors (Lipinski definition) is 1. The van der Waals surface area contributed by atoms with E-state index < -0.39 is 0 Å². The minimum absolute atomic E-state index is 0.306. The van der Waals surface area contributed by atoms with Gasteiger partial charge in [0.05, 0.1) is 46.6 Å². The number of fused-ring (bicyclic) bond motifs is 2. The zero-order valence-electron chi connectivity index (χ0n) is 24.4. The van der Waals surface area contributed by atoms with Crippen LogP contribution in [0.1, 0.15) is 38.6 Å². The number of halogens is 1. The number of nitrogens with two attached hydrogens (primary N) is 1. The van der Waals surface area contributed by atoms with E-state index in [2.05, 4.69) is 44.0 Å². The standard InChI is InChI=1S/C19H25N5O.C12H9FN4/c1-13(2)11-19(4,20)12-25-17-6-5-15(23-14(17)3)16-7-9-21-18-8-10-22-24(16)18;1-8-9(13)2-3-10(16-8)11-4-6-14-12-5-7-15-17(11)12/h5-10,13H,11-12,20H2,1-4H3;2-7H,1H3. The van der Waals surface area contributed by atoms with Crippen molar-refractivity contribution in [2.24, 2.45) is 11.7 Å². The Kier molecular flexibility index (Phi) is 8.21.